The summed E-state index contributed by atoms with van der Waals surface area (Å²) in [7, 11) is 0. The van der Waals surface area contributed by atoms with E-state index in [1.54, 1.807) is 11.6 Å². The van der Waals surface area contributed by atoms with Crippen LogP contribution in [0.1, 0.15) is 64.3 Å². The molecule has 0 saturated carbocycles. The SMILES string of the molecule is CC(=O)NC(C)C(=O)N1CCC(Cc2cccc(NC(=O)Nc3cc(C(C)(C)C)nn3-c3ccc(C)cc3)c2)CC1. The molecule has 1 aliphatic heterocycles. The first-order valence-corrected chi connectivity index (χ1v) is 14.3. The fourth-order valence-corrected chi connectivity index (χ4v) is 5.11. The van der Waals surface area contributed by atoms with Gasteiger partial charge >= 0.3 is 6.03 Å². The molecule has 41 heavy (non-hydrogen) atoms. The molecule has 1 aromatic heterocycles. The molecule has 3 aromatic rings. The number of carbonyl (C=O) groups is 3. The molecule has 1 fully saturated rings. The maximum absolute atomic E-state index is 13.1. The summed E-state index contributed by atoms with van der Waals surface area (Å²) in [6.07, 6.45) is 2.67. The van der Waals surface area contributed by atoms with Crippen molar-refractivity contribution in [1.82, 2.24) is 20.0 Å². The van der Waals surface area contributed by atoms with Crippen molar-refractivity contribution in [3.05, 3.63) is 71.4 Å². The number of carbonyl (C=O) groups excluding carboxylic acids is 3. The van der Waals surface area contributed by atoms with E-state index in [-0.39, 0.29) is 23.3 Å². The van der Waals surface area contributed by atoms with Crippen molar-refractivity contribution in [3.63, 3.8) is 0 Å². The molecule has 0 bridgehead atoms. The fourth-order valence-electron chi connectivity index (χ4n) is 5.11. The van der Waals surface area contributed by atoms with Gasteiger partial charge in [-0.3, -0.25) is 14.9 Å². The van der Waals surface area contributed by atoms with Gasteiger partial charge in [0.1, 0.15) is 11.9 Å². The van der Waals surface area contributed by atoms with Gasteiger partial charge in [-0.1, -0.05) is 50.6 Å². The molecule has 1 aliphatic rings. The van der Waals surface area contributed by atoms with Gasteiger partial charge in [0.25, 0.3) is 0 Å². The molecule has 4 amide bonds. The standard InChI is InChI=1S/C32H42N6O3/c1-21-10-12-27(13-11-21)38-29(20-28(36-38)32(4,5)6)35-31(41)34-26-9-7-8-25(19-26)18-24-14-16-37(17-15-24)30(40)22(2)33-23(3)39/h7-13,19-20,22,24H,14-18H2,1-6H3,(H,33,39)(H2,34,35,41). The van der Waals surface area contributed by atoms with Crippen LogP contribution in [0.15, 0.2) is 54.6 Å². The van der Waals surface area contributed by atoms with Crippen LogP contribution in [0.2, 0.25) is 0 Å². The van der Waals surface area contributed by atoms with Gasteiger partial charge in [-0.2, -0.15) is 5.10 Å². The Balaban J connectivity index is 1.37. The average molecular weight is 559 g/mol. The number of anilines is 2. The first-order valence-electron chi connectivity index (χ1n) is 14.3. The maximum Gasteiger partial charge on any atom is 0.324 e. The van der Waals surface area contributed by atoms with Crippen LogP contribution in [0.4, 0.5) is 16.3 Å². The number of nitrogens with zero attached hydrogens (tertiary/aromatic N) is 3. The van der Waals surface area contributed by atoms with Gasteiger partial charge in [0, 0.05) is 37.2 Å². The minimum absolute atomic E-state index is 0.0331. The van der Waals surface area contributed by atoms with Crippen LogP contribution >= 0.6 is 0 Å². The lowest BCUT2D eigenvalue weighted by atomic mass is 9.90. The van der Waals surface area contributed by atoms with E-state index in [1.807, 2.05) is 60.4 Å². The number of nitrogens with one attached hydrogen (secondary N) is 3. The van der Waals surface area contributed by atoms with Crippen molar-refractivity contribution in [1.29, 1.82) is 0 Å². The topological polar surface area (TPSA) is 108 Å². The first-order chi connectivity index (χ1) is 19.4. The van der Waals surface area contributed by atoms with E-state index < -0.39 is 6.04 Å². The van der Waals surface area contributed by atoms with Crippen molar-refractivity contribution < 1.29 is 14.4 Å². The molecule has 0 aliphatic carbocycles. The average Bonchev–Trinajstić information content (AvgIpc) is 3.33. The van der Waals surface area contributed by atoms with Crippen LogP contribution in [-0.2, 0) is 21.4 Å². The highest BCUT2D eigenvalue weighted by Gasteiger charge is 2.26. The molecule has 4 rings (SSSR count). The summed E-state index contributed by atoms with van der Waals surface area (Å²) in [6, 6.07) is 17.0. The fraction of sp³-hybridized carbons (Fsp3) is 0.438. The lowest BCUT2D eigenvalue weighted by molar-refractivity contribution is -0.136. The van der Waals surface area contributed by atoms with E-state index in [0.717, 1.165) is 41.8 Å². The lowest BCUT2D eigenvalue weighted by Crippen LogP contribution is -2.49. The largest absolute Gasteiger partial charge is 0.345 e. The predicted molar refractivity (Wildman–Crippen MR) is 162 cm³/mol. The number of aryl methyl sites for hydroxylation is 1. The number of hydrogen-bond acceptors (Lipinski definition) is 4. The Bertz CT molecular complexity index is 1380. The molecule has 0 spiro atoms. The number of rotatable bonds is 7. The van der Waals surface area contributed by atoms with Crippen LogP contribution in [0.5, 0.6) is 0 Å². The van der Waals surface area contributed by atoms with Crippen LogP contribution in [0, 0.1) is 12.8 Å². The monoisotopic (exact) mass is 558 g/mol. The molecular weight excluding hydrogens is 516 g/mol. The van der Waals surface area contributed by atoms with E-state index >= 15 is 0 Å². The van der Waals surface area contributed by atoms with E-state index in [0.29, 0.717) is 30.5 Å². The zero-order valence-electron chi connectivity index (χ0n) is 25.0. The van der Waals surface area contributed by atoms with Crippen molar-refractivity contribution in [2.45, 2.75) is 72.3 Å². The van der Waals surface area contributed by atoms with Crippen molar-refractivity contribution in [3.8, 4) is 5.69 Å². The quantitative estimate of drug-likeness (QED) is 0.359. The Kier molecular flexibility index (Phi) is 9.15. The predicted octanol–water partition coefficient (Wildman–Crippen LogP) is 5.43. The van der Waals surface area contributed by atoms with E-state index in [2.05, 4.69) is 42.8 Å². The Morgan fingerprint density at radius 3 is 2.32 bits per heavy atom. The second-order valence-corrected chi connectivity index (χ2v) is 12.1. The number of urea groups is 1. The summed E-state index contributed by atoms with van der Waals surface area (Å²) in [5.74, 6) is 0.809. The number of likely N-dealkylation sites (tertiary alicyclic amines) is 1. The second kappa shape index (κ2) is 12.6. The number of amides is 4. The number of piperidine rings is 1. The lowest BCUT2D eigenvalue weighted by Gasteiger charge is -2.33. The molecule has 9 nitrogen and oxygen atoms in total. The highest BCUT2D eigenvalue weighted by atomic mass is 16.2. The van der Waals surface area contributed by atoms with Gasteiger partial charge in [-0.05, 0) is 68.9 Å². The minimum atomic E-state index is -0.506. The molecule has 1 saturated heterocycles. The molecule has 0 radical (unpaired) electrons. The van der Waals surface area contributed by atoms with Gasteiger partial charge in [0.2, 0.25) is 11.8 Å². The Hall–Kier alpha value is -4.14. The van der Waals surface area contributed by atoms with Gasteiger partial charge in [-0.15, -0.1) is 0 Å². The molecule has 2 heterocycles. The van der Waals surface area contributed by atoms with Crippen LogP contribution in [0.3, 0.4) is 0 Å². The molecule has 1 unspecified atom stereocenters. The van der Waals surface area contributed by atoms with Crippen LogP contribution < -0.4 is 16.0 Å². The summed E-state index contributed by atoms with van der Waals surface area (Å²) in [5.41, 5.74) is 4.59. The van der Waals surface area contributed by atoms with E-state index in [9.17, 15) is 14.4 Å². The van der Waals surface area contributed by atoms with Crippen LogP contribution in [-0.4, -0.2) is 51.7 Å². The van der Waals surface area contributed by atoms with Crippen molar-refractivity contribution >= 4 is 29.4 Å². The summed E-state index contributed by atoms with van der Waals surface area (Å²) in [5, 5.41) is 13.4. The van der Waals surface area contributed by atoms with Gasteiger partial charge in [0.15, 0.2) is 0 Å². The first kappa shape index (κ1) is 29.8. The zero-order chi connectivity index (χ0) is 29.7. The zero-order valence-corrected chi connectivity index (χ0v) is 25.0. The second-order valence-electron chi connectivity index (χ2n) is 12.1. The number of hydrogen-bond donors (Lipinski definition) is 3. The third kappa shape index (κ3) is 7.96. The maximum atomic E-state index is 13.1. The third-order valence-electron chi connectivity index (χ3n) is 7.42. The van der Waals surface area contributed by atoms with Crippen molar-refractivity contribution in [2.75, 3.05) is 23.7 Å². The Labute approximate surface area is 242 Å². The summed E-state index contributed by atoms with van der Waals surface area (Å²) in [4.78, 5) is 38.8. The van der Waals surface area contributed by atoms with E-state index in [1.165, 1.54) is 6.92 Å². The minimum Gasteiger partial charge on any atom is -0.345 e. The Morgan fingerprint density at radius 1 is 1.00 bits per heavy atom. The van der Waals surface area contributed by atoms with Crippen molar-refractivity contribution in [2.24, 2.45) is 5.92 Å². The summed E-state index contributed by atoms with van der Waals surface area (Å²) >= 11 is 0. The third-order valence-corrected chi connectivity index (χ3v) is 7.42. The highest BCUT2D eigenvalue weighted by molar-refractivity contribution is 5.99. The molecular formula is C32H42N6O3. The molecule has 9 heteroatoms. The van der Waals surface area contributed by atoms with E-state index in [4.69, 9.17) is 5.10 Å². The molecule has 218 valence electrons. The summed E-state index contributed by atoms with van der Waals surface area (Å²) in [6.45, 7) is 12.8. The normalized spacial score (nSPS) is 14.8. The molecule has 1 atom stereocenters. The number of benzene rings is 2. The highest BCUT2D eigenvalue weighted by Crippen LogP contribution is 2.27. The van der Waals surface area contributed by atoms with Gasteiger partial charge in [0.05, 0.1) is 11.4 Å². The van der Waals surface area contributed by atoms with Gasteiger partial charge < -0.3 is 15.5 Å². The molecule has 3 N–H and O–H groups in total. The Morgan fingerprint density at radius 2 is 1.68 bits per heavy atom. The van der Waals surface area contributed by atoms with Crippen LogP contribution in [0.25, 0.3) is 5.69 Å². The molecule has 2 aromatic carbocycles. The van der Waals surface area contributed by atoms with Gasteiger partial charge in [-0.25, -0.2) is 9.48 Å². The smallest absolute Gasteiger partial charge is 0.324 e. The summed E-state index contributed by atoms with van der Waals surface area (Å²) < 4.78 is 1.77. The number of aromatic nitrogens is 2.